The van der Waals surface area contributed by atoms with E-state index in [1.807, 2.05) is 0 Å². The van der Waals surface area contributed by atoms with E-state index in [2.05, 4.69) is 13.2 Å². The van der Waals surface area contributed by atoms with Crippen LogP contribution >= 0.6 is 43.4 Å². The van der Waals surface area contributed by atoms with Gasteiger partial charge in [0.2, 0.25) is 0 Å². The summed E-state index contributed by atoms with van der Waals surface area (Å²) in [5.74, 6) is 0. The Morgan fingerprint density at radius 2 is 1.16 bits per heavy atom. The molecule has 0 saturated heterocycles. The molecule has 0 unspecified atom stereocenters. The van der Waals surface area contributed by atoms with Crippen LogP contribution in [0.4, 0.5) is 0 Å². The molecule has 0 heterocycles. The summed E-state index contributed by atoms with van der Waals surface area (Å²) >= 11 is 8.54. The second-order valence-electron chi connectivity index (χ2n) is 3.82. The van der Waals surface area contributed by atoms with Gasteiger partial charge in [-0.25, -0.2) is 0 Å². The quantitative estimate of drug-likeness (QED) is 0.509. The molecule has 0 bridgehead atoms. The third-order valence-corrected chi connectivity index (χ3v) is 11.6. The Bertz CT molecular complexity index is 413. The standard InChI is InChI=1S/C12H16Cl4O2Se/c1-7(2)11(13)9(5-17)19(15,16)10(6-18)12(14)8(3)4/h17-18H,1,3,5-6H2,2,4H3/b11-9-,12-10-. The van der Waals surface area contributed by atoms with Crippen molar-refractivity contribution in [2.24, 2.45) is 0 Å². The molecule has 0 fully saturated rings. The molecule has 0 aromatic heterocycles. The number of rotatable bonds is 6. The summed E-state index contributed by atoms with van der Waals surface area (Å²) in [4.78, 5) is 0. The van der Waals surface area contributed by atoms with E-state index in [0.29, 0.717) is 11.1 Å². The maximum absolute atomic E-state index is 9.46. The Labute approximate surface area is 134 Å². The summed E-state index contributed by atoms with van der Waals surface area (Å²) in [6.45, 7) is 9.84. The van der Waals surface area contributed by atoms with Crippen LogP contribution in [-0.4, -0.2) is 34.4 Å². The summed E-state index contributed by atoms with van der Waals surface area (Å²) in [5.41, 5.74) is 1.05. The van der Waals surface area contributed by atoms with Crippen molar-refractivity contribution in [1.82, 2.24) is 0 Å². The van der Waals surface area contributed by atoms with Crippen molar-refractivity contribution in [2.45, 2.75) is 13.8 Å². The molecule has 0 atom stereocenters. The van der Waals surface area contributed by atoms with Crippen molar-refractivity contribution >= 4 is 54.4 Å². The van der Waals surface area contributed by atoms with Crippen molar-refractivity contribution in [3.63, 3.8) is 0 Å². The van der Waals surface area contributed by atoms with Crippen LogP contribution in [0, 0.1) is 0 Å². The zero-order valence-electron chi connectivity index (χ0n) is 10.6. The van der Waals surface area contributed by atoms with Crippen LogP contribution < -0.4 is 0 Å². The average molecular weight is 413 g/mol. The topological polar surface area (TPSA) is 40.5 Å². The van der Waals surface area contributed by atoms with Gasteiger partial charge in [0.05, 0.1) is 0 Å². The SMILES string of the molecule is C=C(C)/C(Cl)=C(\CO)[Se](Cl)(Cl)/C(CO)=C(\Cl)C(=C)C. The minimum absolute atomic E-state index is 0.213. The van der Waals surface area contributed by atoms with Gasteiger partial charge in [0, 0.05) is 0 Å². The molecular formula is C12H16Cl4O2Se. The molecule has 7 heteroatoms. The number of aliphatic hydroxyl groups is 2. The van der Waals surface area contributed by atoms with Gasteiger partial charge in [-0.05, 0) is 0 Å². The monoisotopic (exact) mass is 412 g/mol. The summed E-state index contributed by atoms with van der Waals surface area (Å²) in [6.07, 6.45) is 0. The second-order valence-corrected chi connectivity index (χ2v) is 14.2. The summed E-state index contributed by atoms with van der Waals surface area (Å²) < 4.78 is 0.523. The van der Waals surface area contributed by atoms with Crippen molar-refractivity contribution in [1.29, 1.82) is 0 Å². The predicted molar refractivity (Wildman–Crippen MR) is 87.0 cm³/mol. The fraction of sp³-hybridized carbons (Fsp3) is 0.333. The molecule has 0 spiro atoms. The van der Waals surface area contributed by atoms with Crippen molar-refractivity contribution in [2.75, 3.05) is 13.2 Å². The molecule has 110 valence electrons. The summed E-state index contributed by atoms with van der Waals surface area (Å²) in [6, 6.07) is 0. The normalized spacial score (nSPS) is 15.6. The van der Waals surface area contributed by atoms with Gasteiger partial charge in [-0.15, -0.1) is 0 Å². The van der Waals surface area contributed by atoms with Crippen LogP contribution in [-0.2, 0) is 0 Å². The zero-order chi connectivity index (χ0) is 15.4. The molecule has 0 radical (unpaired) electrons. The van der Waals surface area contributed by atoms with Crippen LogP contribution in [0.25, 0.3) is 0 Å². The van der Waals surface area contributed by atoms with Crippen molar-refractivity contribution in [3.05, 3.63) is 43.3 Å². The van der Waals surface area contributed by atoms with E-state index in [0.717, 1.165) is 0 Å². The predicted octanol–water partition coefficient (Wildman–Crippen LogP) is 4.11. The van der Waals surface area contributed by atoms with E-state index in [1.165, 1.54) is 0 Å². The Hall–Kier alpha value is 0.559. The van der Waals surface area contributed by atoms with E-state index in [4.69, 9.17) is 43.4 Å². The summed E-state index contributed by atoms with van der Waals surface area (Å²) in [5, 5.41) is 19.4. The van der Waals surface area contributed by atoms with Crippen molar-refractivity contribution in [3.8, 4) is 0 Å². The first kappa shape index (κ1) is 19.6. The maximum atomic E-state index is 9.46. The van der Waals surface area contributed by atoms with Gasteiger partial charge in [-0.1, -0.05) is 0 Å². The molecule has 0 aliphatic rings. The molecule has 19 heavy (non-hydrogen) atoms. The molecular weight excluding hydrogens is 397 g/mol. The van der Waals surface area contributed by atoms with Gasteiger partial charge in [0.1, 0.15) is 0 Å². The van der Waals surface area contributed by atoms with E-state index >= 15 is 0 Å². The number of hydrogen-bond donors (Lipinski definition) is 2. The Morgan fingerprint density at radius 1 is 0.895 bits per heavy atom. The molecule has 0 amide bonds. The molecule has 0 aromatic rings. The zero-order valence-corrected chi connectivity index (χ0v) is 15.4. The molecule has 2 nitrogen and oxygen atoms in total. The average Bonchev–Trinajstić information content (AvgIpc) is 2.29. The van der Waals surface area contributed by atoms with Gasteiger partial charge >= 0.3 is 135 Å². The molecule has 0 aromatic carbocycles. The van der Waals surface area contributed by atoms with E-state index < -0.39 is 24.2 Å². The van der Waals surface area contributed by atoms with Crippen LogP contribution in [0.5, 0.6) is 0 Å². The minimum atomic E-state index is -3.60. The van der Waals surface area contributed by atoms with Gasteiger partial charge < -0.3 is 0 Å². The molecule has 2 N–H and O–H groups in total. The van der Waals surface area contributed by atoms with E-state index in [1.54, 1.807) is 13.8 Å². The van der Waals surface area contributed by atoms with Gasteiger partial charge in [-0.3, -0.25) is 0 Å². The third-order valence-electron chi connectivity index (χ3n) is 2.15. The van der Waals surface area contributed by atoms with Crippen LogP contribution in [0.15, 0.2) is 43.3 Å². The Morgan fingerprint density at radius 3 is 1.32 bits per heavy atom. The fourth-order valence-electron chi connectivity index (χ4n) is 1.15. The number of halogens is 4. The van der Waals surface area contributed by atoms with Crippen LogP contribution in [0.3, 0.4) is 0 Å². The number of aliphatic hydroxyl groups excluding tert-OH is 2. The van der Waals surface area contributed by atoms with Crippen LogP contribution in [0.2, 0.25) is 0 Å². The van der Waals surface area contributed by atoms with E-state index in [-0.39, 0.29) is 19.0 Å². The first-order valence-corrected chi connectivity index (χ1v) is 12.1. The first-order chi connectivity index (χ1) is 8.61. The van der Waals surface area contributed by atoms with Gasteiger partial charge in [0.25, 0.3) is 0 Å². The molecule has 0 saturated carbocycles. The molecule has 0 aliphatic carbocycles. The number of allylic oxidation sites excluding steroid dienone is 4. The Balaban J connectivity index is 6.09. The van der Waals surface area contributed by atoms with Gasteiger partial charge in [0.15, 0.2) is 0 Å². The van der Waals surface area contributed by atoms with Crippen molar-refractivity contribution < 1.29 is 10.2 Å². The van der Waals surface area contributed by atoms with E-state index in [9.17, 15) is 10.2 Å². The second kappa shape index (κ2) is 8.11. The van der Waals surface area contributed by atoms with Crippen LogP contribution in [0.1, 0.15) is 13.8 Å². The molecule has 0 aliphatic heterocycles. The Kier molecular flexibility index (Phi) is 8.35. The summed E-state index contributed by atoms with van der Waals surface area (Å²) in [7, 11) is 12.8. The first-order valence-electron chi connectivity index (χ1n) is 5.14. The molecule has 0 rings (SSSR count). The van der Waals surface area contributed by atoms with Gasteiger partial charge in [-0.2, -0.15) is 0 Å². The third kappa shape index (κ3) is 4.80. The number of hydrogen-bond acceptors (Lipinski definition) is 2. The fourth-order valence-corrected chi connectivity index (χ4v) is 8.89.